The number of rotatable bonds is 5. The highest BCUT2D eigenvalue weighted by Crippen LogP contribution is 2.06. The number of halogens is 1. The van der Waals surface area contributed by atoms with Gasteiger partial charge in [0.1, 0.15) is 11.6 Å². The minimum atomic E-state index is -0.591. The maximum atomic E-state index is 11.3. The molecule has 0 rings (SSSR count). The quantitative estimate of drug-likeness (QED) is 0.584. The maximum absolute atomic E-state index is 11.3. The molecule has 5 nitrogen and oxygen atoms in total. The number of alkyl halides is 1. The van der Waals surface area contributed by atoms with Crippen LogP contribution in [-0.2, 0) is 19.1 Å². The van der Waals surface area contributed by atoms with Gasteiger partial charge in [0.2, 0.25) is 0 Å². The van der Waals surface area contributed by atoms with Gasteiger partial charge in [-0.05, 0) is 27.7 Å². The van der Waals surface area contributed by atoms with Gasteiger partial charge >= 0.3 is 11.9 Å². The van der Waals surface area contributed by atoms with Gasteiger partial charge in [-0.3, -0.25) is 14.9 Å². The van der Waals surface area contributed by atoms with Gasteiger partial charge in [0.15, 0.2) is 6.07 Å². The Morgan fingerprint density at radius 3 is 2.38 bits per heavy atom. The molecule has 1 unspecified atom stereocenters. The summed E-state index contributed by atoms with van der Waals surface area (Å²) in [5.41, 5.74) is -0.529. The molecule has 0 heterocycles. The third-order valence-corrected chi connectivity index (χ3v) is 1.63. The van der Waals surface area contributed by atoms with E-state index < -0.39 is 23.6 Å². The fourth-order valence-corrected chi connectivity index (χ4v) is 0.984. The van der Waals surface area contributed by atoms with Crippen LogP contribution in [0.15, 0.2) is 0 Å². The molecule has 0 aliphatic heterocycles. The van der Waals surface area contributed by atoms with Gasteiger partial charge in [0.25, 0.3) is 0 Å². The van der Waals surface area contributed by atoms with Crippen molar-refractivity contribution in [3.63, 3.8) is 0 Å². The van der Waals surface area contributed by atoms with E-state index in [1.165, 1.54) is 0 Å². The average Bonchev–Trinajstić information content (AvgIpc) is 2.11. The third-order valence-electron chi connectivity index (χ3n) is 1.52. The molecule has 0 aromatic rings. The molecule has 6 heteroatoms. The van der Waals surface area contributed by atoms with Crippen LogP contribution in [0.25, 0.3) is 0 Å². The molecular weight excluding hydrogens is 234 g/mol. The van der Waals surface area contributed by atoms with E-state index in [2.05, 4.69) is 10.1 Å². The van der Waals surface area contributed by atoms with Crippen molar-refractivity contribution in [1.29, 1.82) is 0 Å². The summed E-state index contributed by atoms with van der Waals surface area (Å²) in [6, 6.07) is -0.789. The molecule has 0 aromatic carbocycles. The van der Waals surface area contributed by atoms with Gasteiger partial charge in [-0.1, -0.05) is 11.6 Å². The maximum Gasteiger partial charge on any atom is 0.324 e. The Labute approximate surface area is 100 Å². The molecule has 94 valence electrons. The Morgan fingerprint density at radius 1 is 1.38 bits per heavy atom. The van der Waals surface area contributed by atoms with Crippen LogP contribution in [-0.4, -0.2) is 36.2 Å². The van der Waals surface area contributed by atoms with Crippen molar-refractivity contribution in [2.24, 2.45) is 0 Å². The van der Waals surface area contributed by atoms with E-state index in [4.69, 9.17) is 16.3 Å². The fourth-order valence-electron chi connectivity index (χ4n) is 0.876. The summed E-state index contributed by atoms with van der Waals surface area (Å²) in [4.78, 5) is 22.4. The number of carbonyl (C=O) groups excluding carboxylic acids is 2. The molecule has 16 heavy (non-hydrogen) atoms. The van der Waals surface area contributed by atoms with Crippen LogP contribution in [0.5, 0.6) is 0 Å². The van der Waals surface area contributed by atoms with Crippen LogP contribution in [0.1, 0.15) is 27.7 Å². The zero-order chi connectivity index (χ0) is 12.8. The number of nitrogens with one attached hydrogen (secondary N) is 1. The number of hydrogen-bond donors (Lipinski definition) is 1. The molecule has 0 aliphatic carbocycles. The fraction of sp³-hybridized carbons (Fsp3) is 0.800. The second-order valence-electron chi connectivity index (χ2n) is 4.26. The standard InChI is InChI=1S/C10H18ClNO4/c1-7(9(14)15-6-11)12-5-8(13)16-10(2,3)4/h7,12H,5-6H2,1-4H3. The van der Waals surface area contributed by atoms with E-state index in [1.807, 2.05) is 0 Å². The highest BCUT2D eigenvalue weighted by atomic mass is 35.5. The first-order valence-electron chi connectivity index (χ1n) is 4.94. The van der Waals surface area contributed by atoms with Crippen LogP contribution < -0.4 is 5.32 Å². The summed E-state index contributed by atoms with van der Waals surface area (Å²) < 4.78 is 9.60. The Hall–Kier alpha value is -0.810. The van der Waals surface area contributed by atoms with E-state index >= 15 is 0 Å². The predicted molar refractivity (Wildman–Crippen MR) is 60.1 cm³/mol. The van der Waals surface area contributed by atoms with Crippen molar-refractivity contribution in [2.75, 3.05) is 12.6 Å². The van der Waals surface area contributed by atoms with E-state index in [-0.39, 0.29) is 12.6 Å². The van der Waals surface area contributed by atoms with Crippen molar-refractivity contribution >= 4 is 23.5 Å². The number of hydrogen-bond acceptors (Lipinski definition) is 5. The summed E-state index contributed by atoms with van der Waals surface area (Å²) in [5, 5.41) is 2.68. The molecule has 0 saturated carbocycles. The van der Waals surface area contributed by atoms with E-state index in [0.29, 0.717) is 0 Å². The second-order valence-corrected chi connectivity index (χ2v) is 4.48. The van der Waals surface area contributed by atoms with E-state index in [0.717, 1.165) is 0 Å². The van der Waals surface area contributed by atoms with Gasteiger partial charge < -0.3 is 9.47 Å². The van der Waals surface area contributed by atoms with Gasteiger partial charge in [-0.15, -0.1) is 0 Å². The van der Waals surface area contributed by atoms with Crippen LogP contribution in [0.2, 0.25) is 0 Å². The molecule has 0 bridgehead atoms. The van der Waals surface area contributed by atoms with Crippen molar-refractivity contribution < 1.29 is 19.1 Å². The molecular formula is C10H18ClNO4. The summed E-state index contributed by atoms with van der Waals surface area (Å²) in [5.74, 6) is -0.920. The molecule has 0 spiro atoms. The Bertz CT molecular complexity index is 250. The first-order valence-corrected chi connectivity index (χ1v) is 5.47. The molecule has 0 amide bonds. The molecule has 1 atom stereocenters. The molecule has 1 N–H and O–H groups in total. The normalized spacial score (nSPS) is 13.1. The van der Waals surface area contributed by atoms with Crippen molar-refractivity contribution in [2.45, 2.75) is 39.3 Å². The largest absolute Gasteiger partial charge is 0.459 e. The average molecular weight is 252 g/mol. The lowest BCUT2D eigenvalue weighted by atomic mass is 10.2. The van der Waals surface area contributed by atoms with Gasteiger partial charge in [-0.25, -0.2) is 0 Å². The summed E-state index contributed by atoms with van der Waals surface area (Å²) in [6.07, 6.45) is 0. The molecule has 0 radical (unpaired) electrons. The predicted octanol–water partition coefficient (Wildman–Crippen LogP) is 1.05. The number of carbonyl (C=O) groups is 2. The monoisotopic (exact) mass is 251 g/mol. The third kappa shape index (κ3) is 7.48. The summed E-state index contributed by atoms with van der Waals surface area (Å²) in [6.45, 7) is 6.86. The zero-order valence-corrected chi connectivity index (χ0v) is 10.8. The SMILES string of the molecule is CC(NCC(=O)OC(C)(C)C)C(=O)OCCl. The molecule has 0 fully saturated rings. The van der Waals surface area contributed by atoms with Gasteiger partial charge in [0, 0.05) is 0 Å². The van der Waals surface area contributed by atoms with E-state index in [1.54, 1.807) is 27.7 Å². The minimum absolute atomic E-state index is 0.0458. The van der Waals surface area contributed by atoms with Gasteiger partial charge in [0.05, 0.1) is 6.54 Å². The topological polar surface area (TPSA) is 64.6 Å². The van der Waals surface area contributed by atoms with Crippen molar-refractivity contribution in [3.05, 3.63) is 0 Å². The van der Waals surface area contributed by atoms with Crippen LogP contribution in [0, 0.1) is 0 Å². The first-order chi connectivity index (χ1) is 7.26. The molecule has 0 saturated heterocycles. The highest BCUT2D eigenvalue weighted by molar-refractivity contribution is 6.17. The summed E-state index contributed by atoms with van der Waals surface area (Å²) in [7, 11) is 0. The van der Waals surface area contributed by atoms with Crippen LogP contribution >= 0.6 is 11.6 Å². The Kier molecular flexibility index (Phi) is 6.36. The smallest absolute Gasteiger partial charge is 0.324 e. The first kappa shape index (κ1) is 15.2. The van der Waals surface area contributed by atoms with Gasteiger partial charge in [-0.2, -0.15) is 0 Å². The van der Waals surface area contributed by atoms with Crippen LogP contribution in [0.4, 0.5) is 0 Å². The van der Waals surface area contributed by atoms with Crippen molar-refractivity contribution in [3.8, 4) is 0 Å². The highest BCUT2D eigenvalue weighted by Gasteiger charge is 2.19. The number of esters is 2. The molecule has 0 aliphatic rings. The minimum Gasteiger partial charge on any atom is -0.459 e. The lowest BCUT2D eigenvalue weighted by Crippen LogP contribution is -2.40. The Morgan fingerprint density at radius 2 is 1.94 bits per heavy atom. The lowest BCUT2D eigenvalue weighted by molar-refractivity contribution is -0.154. The van der Waals surface area contributed by atoms with E-state index in [9.17, 15) is 9.59 Å². The zero-order valence-electron chi connectivity index (χ0n) is 10.0. The van der Waals surface area contributed by atoms with Crippen LogP contribution in [0.3, 0.4) is 0 Å². The summed E-state index contributed by atoms with van der Waals surface area (Å²) >= 11 is 5.23. The van der Waals surface area contributed by atoms with Crippen molar-refractivity contribution in [1.82, 2.24) is 5.32 Å². The number of ether oxygens (including phenoxy) is 2. The second kappa shape index (κ2) is 6.70. The lowest BCUT2D eigenvalue weighted by Gasteiger charge is -2.20. The Balaban J connectivity index is 3.88. The molecule has 0 aromatic heterocycles.